The van der Waals surface area contributed by atoms with Crippen molar-refractivity contribution in [3.8, 4) is 0 Å². The van der Waals surface area contributed by atoms with Crippen LogP contribution >= 0.6 is 0 Å². The molecule has 0 fully saturated rings. The van der Waals surface area contributed by atoms with Crippen LogP contribution in [0.1, 0.15) is 25.8 Å². The number of rotatable bonds is 9. The zero-order valence-corrected chi connectivity index (χ0v) is 14.0. The number of nitrogens with two attached hydrogens (primary N) is 1. The second kappa shape index (κ2) is 8.48. The van der Waals surface area contributed by atoms with Crippen LogP contribution in [0.25, 0.3) is 0 Å². The van der Waals surface area contributed by atoms with Crippen LogP contribution in [0.4, 0.5) is 0 Å². The van der Waals surface area contributed by atoms with Crippen molar-refractivity contribution < 1.29 is 8.42 Å². The van der Waals surface area contributed by atoms with Crippen molar-refractivity contribution in [2.75, 3.05) is 26.7 Å². The molecule has 0 heterocycles. The Kier molecular flexibility index (Phi) is 7.31. The molecule has 0 radical (unpaired) electrons. The lowest BCUT2D eigenvalue weighted by Gasteiger charge is -2.20. The monoisotopic (exact) mass is 313 g/mol. The normalized spacial score (nSPS) is 12.3. The highest BCUT2D eigenvalue weighted by Crippen LogP contribution is 2.11. The maximum absolute atomic E-state index is 12.2. The van der Waals surface area contributed by atoms with Gasteiger partial charge in [0.2, 0.25) is 10.0 Å². The Bertz CT molecular complexity index is 512. The first-order valence-electron chi connectivity index (χ1n) is 7.35. The van der Waals surface area contributed by atoms with E-state index < -0.39 is 10.0 Å². The summed E-state index contributed by atoms with van der Waals surface area (Å²) in [6, 6.07) is 7.41. The zero-order chi connectivity index (χ0) is 15.9. The van der Waals surface area contributed by atoms with Gasteiger partial charge in [-0.15, -0.1) is 0 Å². The average Bonchev–Trinajstić information content (AvgIpc) is 2.45. The summed E-state index contributed by atoms with van der Waals surface area (Å²) >= 11 is 0. The first-order valence-corrected chi connectivity index (χ1v) is 8.84. The molecule has 1 aromatic rings. The van der Waals surface area contributed by atoms with Gasteiger partial charge in [0.05, 0.1) is 4.90 Å². The van der Waals surface area contributed by atoms with E-state index in [2.05, 4.69) is 23.5 Å². The summed E-state index contributed by atoms with van der Waals surface area (Å²) in [6.45, 7) is 5.89. The van der Waals surface area contributed by atoms with Gasteiger partial charge in [-0.25, -0.2) is 13.1 Å². The van der Waals surface area contributed by atoms with Crippen molar-refractivity contribution in [3.05, 3.63) is 29.8 Å². The van der Waals surface area contributed by atoms with Gasteiger partial charge in [-0.2, -0.15) is 0 Å². The molecule has 5 nitrogen and oxygen atoms in total. The standard InChI is InChI=1S/C15H27N3O2S/c1-13(2)18(3)12-11-17-21(19,20)15-8-6-14(7-9-15)5-4-10-16/h6-9,13,17H,4-5,10-12,16H2,1-3H3. The van der Waals surface area contributed by atoms with Crippen molar-refractivity contribution in [2.45, 2.75) is 37.6 Å². The number of nitrogens with one attached hydrogen (secondary N) is 1. The molecule has 0 saturated heterocycles. The van der Waals surface area contributed by atoms with E-state index in [1.54, 1.807) is 12.1 Å². The smallest absolute Gasteiger partial charge is 0.240 e. The number of likely N-dealkylation sites (N-methyl/N-ethyl adjacent to an activating group) is 1. The Morgan fingerprint density at radius 2 is 1.86 bits per heavy atom. The largest absolute Gasteiger partial charge is 0.330 e. The molecule has 1 rings (SSSR count). The summed E-state index contributed by atoms with van der Waals surface area (Å²) in [7, 11) is -1.44. The van der Waals surface area contributed by atoms with Crippen LogP contribution in [0.15, 0.2) is 29.2 Å². The van der Waals surface area contributed by atoms with Crippen molar-refractivity contribution in [1.29, 1.82) is 0 Å². The lowest BCUT2D eigenvalue weighted by atomic mass is 10.1. The van der Waals surface area contributed by atoms with Crippen molar-refractivity contribution >= 4 is 10.0 Å². The third-order valence-corrected chi connectivity index (χ3v) is 5.02. The predicted octanol–water partition coefficient (Wildman–Crippen LogP) is 1.20. The minimum atomic E-state index is -3.42. The van der Waals surface area contributed by atoms with Crippen LogP contribution in [0.2, 0.25) is 0 Å². The van der Waals surface area contributed by atoms with E-state index in [9.17, 15) is 8.42 Å². The van der Waals surface area contributed by atoms with Gasteiger partial charge >= 0.3 is 0 Å². The molecule has 3 N–H and O–H groups in total. The number of hydrogen-bond donors (Lipinski definition) is 2. The zero-order valence-electron chi connectivity index (χ0n) is 13.2. The Labute approximate surface area is 128 Å². The lowest BCUT2D eigenvalue weighted by Crippen LogP contribution is -2.36. The van der Waals surface area contributed by atoms with Gasteiger partial charge in [-0.3, -0.25) is 0 Å². The van der Waals surface area contributed by atoms with Crippen LogP contribution in [0.5, 0.6) is 0 Å². The highest BCUT2D eigenvalue weighted by Gasteiger charge is 2.13. The van der Waals surface area contributed by atoms with Crippen molar-refractivity contribution in [3.63, 3.8) is 0 Å². The summed E-state index contributed by atoms with van der Waals surface area (Å²) in [6.07, 6.45) is 1.79. The third-order valence-electron chi connectivity index (χ3n) is 3.54. The van der Waals surface area contributed by atoms with E-state index >= 15 is 0 Å². The number of hydrogen-bond acceptors (Lipinski definition) is 4. The van der Waals surface area contributed by atoms with Crippen LogP contribution < -0.4 is 10.5 Å². The maximum Gasteiger partial charge on any atom is 0.240 e. The van der Waals surface area contributed by atoms with Crippen molar-refractivity contribution in [2.24, 2.45) is 5.73 Å². The second-order valence-corrected chi connectivity index (χ2v) is 7.28. The molecule has 120 valence electrons. The first-order chi connectivity index (χ1) is 9.86. The van der Waals surface area contributed by atoms with E-state index in [0.29, 0.717) is 30.6 Å². The number of nitrogens with zero attached hydrogens (tertiary/aromatic N) is 1. The number of sulfonamides is 1. The van der Waals surface area contributed by atoms with Crippen LogP contribution in [0, 0.1) is 0 Å². The lowest BCUT2D eigenvalue weighted by molar-refractivity contribution is 0.278. The molecule has 6 heteroatoms. The van der Waals surface area contributed by atoms with Gasteiger partial charge in [0.15, 0.2) is 0 Å². The molecule has 21 heavy (non-hydrogen) atoms. The predicted molar refractivity (Wildman–Crippen MR) is 86.8 cm³/mol. The quantitative estimate of drug-likeness (QED) is 0.718. The maximum atomic E-state index is 12.2. The molecule has 0 saturated carbocycles. The van der Waals surface area contributed by atoms with Gasteiger partial charge in [0.1, 0.15) is 0 Å². The molecule has 0 aliphatic carbocycles. The molecule has 0 aliphatic rings. The van der Waals surface area contributed by atoms with E-state index in [-0.39, 0.29) is 0 Å². The molecule has 0 unspecified atom stereocenters. The summed E-state index contributed by atoms with van der Waals surface area (Å²) in [4.78, 5) is 2.41. The summed E-state index contributed by atoms with van der Waals surface area (Å²) in [5, 5.41) is 0. The molecule has 0 bridgehead atoms. The van der Waals surface area contributed by atoms with E-state index in [4.69, 9.17) is 5.73 Å². The summed E-state index contributed by atoms with van der Waals surface area (Å²) in [5.74, 6) is 0. The molecule has 0 aromatic heterocycles. The SMILES string of the molecule is CC(C)N(C)CCNS(=O)(=O)c1ccc(CCCN)cc1. The highest BCUT2D eigenvalue weighted by molar-refractivity contribution is 7.89. The van der Waals surface area contributed by atoms with Gasteiger partial charge in [-0.05, 0) is 58.0 Å². The van der Waals surface area contributed by atoms with Crippen LogP contribution in [-0.2, 0) is 16.4 Å². The minimum Gasteiger partial charge on any atom is -0.330 e. The number of benzene rings is 1. The fraction of sp³-hybridized carbons (Fsp3) is 0.600. The molecule has 0 spiro atoms. The molecule has 0 atom stereocenters. The minimum absolute atomic E-state index is 0.311. The van der Waals surface area contributed by atoms with Crippen LogP contribution in [0.3, 0.4) is 0 Å². The highest BCUT2D eigenvalue weighted by atomic mass is 32.2. The summed E-state index contributed by atoms with van der Waals surface area (Å²) in [5.41, 5.74) is 6.58. The van der Waals surface area contributed by atoms with Gasteiger partial charge in [0.25, 0.3) is 0 Å². The van der Waals surface area contributed by atoms with Gasteiger partial charge in [0, 0.05) is 19.1 Å². The average molecular weight is 313 g/mol. The second-order valence-electron chi connectivity index (χ2n) is 5.51. The van der Waals surface area contributed by atoms with Crippen LogP contribution in [-0.4, -0.2) is 46.0 Å². The third kappa shape index (κ3) is 6.13. The van der Waals surface area contributed by atoms with Crippen molar-refractivity contribution in [1.82, 2.24) is 9.62 Å². The van der Waals surface area contributed by atoms with E-state index in [0.717, 1.165) is 18.4 Å². The molecule has 1 aromatic carbocycles. The summed E-state index contributed by atoms with van der Waals surface area (Å²) < 4.78 is 27.0. The fourth-order valence-corrected chi connectivity index (χ4v) is 2.86. The van der Waals surface area contributed by atoms with E-state index in [1.807, 2.05) is 19.2 Å². The topological polar surface area (TPSA) is 75.4 Å². The Morgan fingerprint density at radius 1 is 1.24 bits per heavy atom. The Morgan fingerprint density at radius 3 is 2.38 bits per heavy atom. The molecule has 0 amide bonds. The Hall–Kier alpha value is -0.950. The first kappa shape index (κ1) is 18.1. The molecular weight excluding hydrogens is 286 g/mol. The number of aryl methyl sites for hydroxylation is 1. The van der Waals surface area contributed by atoms with Gasteiger partial charge in [-0.1, -0.05) is 12.1 Å². The van der Waals surface area contributed by atoms with Gasteiger partial charge < -0.3 is 10.6 Å². The molecular formula is C15H27N3O2S. The van der Waals surface area contributed by atoms with E-state index in [1.165, 1.54) is 0 Å². The fourth-order valence-electron chi connectivity index (χ4n) is 1.84. The Balaban J connectivity index is 2.57. The molecule has 0 aliphatic heterocycles.